The second kappa shape index (κ2) is 7.30. The van der Waals surface area contributed by atoms with Crippen molar-refractivity contribution in [1.29, 1.82) is 0 Å². The summed E-state index contributed by atoms with van der Waals surface area (Å²) in [6.45, 7) is 3.04. The van der Waals surface area contributed by atoms with Crippen molar-refractivity contribution in [2.24, 2.45) is 0 Å². The van der Waals surface area contributed by atoms with Crippen LogP contribution in [0, 0.1) is 0 Å². The lowest BCUT2D eigenvalue weighted by Crippen LogP contribution is -2.15. The second-order valence-corrected chi connectivity index (χ2v) is 6.22. The Morgan fingerprint density at radius 2 is 2.04 bits per heavy atom. The molecular weight excluding hydrogens is 336 g/mol. The van der Waals surface area contributed by atoms with Crippen molar-refractivity contribution in [2.45, 2.75) is 19.4 Å². The zero-order chi connectivity index (χ0) is 16.5. The standard InChI is InChI=1S/C20H20N2O2.ClH/c1-13(23)12-21-19-11-18(22-17-5-3-2-4-16(17)19)14-6-7-20-15(10-14)8-9-24-20;/h2-7,10-11,13,23H,8-9,12H2,1H3,(H,21,22);1H. The van der Waals surface area contributed by atoms with Crippen molar-refractivity contribution in [3.8, 4) is 17.0 Å². The fourth-order valence-corrected chi connectivity index (χ4v) is 3.07. The van der Waals surface area contributed by atoms with E-state index in [0.717, 1.165) is 46.6 Å². The Bertz CT molecular complexity index is 896. The van der Waals surface area contributed by atoms with Crippen molar-refractivity contribution in [3.63, 3.8) is 0 Å². The molecule has 130 valence electrons. The molecule has 0 aliphatic carbocycles. The smallest absolute Gasteiger partial charge is 0.122 e. The second-order valence-electron chi connectivity index (χ2n) is 6.22. The first-order chi connectivity index (χ1) is 11.7. The van der Waals surface area contributed by atoms with E-state index in [-0.39, 0.29) is 12.4 Å². The molecule has 2 heterocycles. The van der Waals surface area contributed by atoms with E-state index >= 15 is 0 Å². The number of aliphatic hydroxyl groups is 1. The third-order valence-electron chi connectivity index (χ3n) is 4.29. The number of hydrogen-bond acceptors (Lipinski definition) is 4. The number of aliphatic hydroxyl groups excluding tert-OH is 1. The van der Waals surface area contributed by atoms with Crippen LogP contribution in [0.4, 0.5) is 5.69 Å². The SMILES string of the molecule is CC(O)CNc1cc(-c2ccc3c(c2)CCO3)nc2ccccc12.Cl. The van der Waals surface area contributed by atoms with Crippen LogP contribution in [0.1, 0.15) is 12.5 Å². The first-order valence-electron chi connectivity index (χ1n) is 8.28. The van der Waals surface area contributed by atoms with Gasteiger partial charge in [-0.05, 0) is 42.8 Å². The minimum absolute atomic E-state index is 0. The summed E-state index contributed by atoms with van der Waals surface area (Å²) in [5.74, 6) is 0.979. The lowest BCUT2D eigenvalue weighted by atomic mass is 10.0. The number of anilines is 1. The van der Waals surface area contributed by atoms with Gasteiger partial charge >= 0.3 is 0 Å². The van der Waals surface area contributed by atoms with E-state index in [9.17, 15) is 5.11 Å². The average Bonchev–Trinajstić information content (AvgIpc) is 3.07. The first kappa shape index (κ1) is 17.5. The number of fused-ring (bicyclic) bond motifs is 2. The number of halogens is 1. The molecule has 0 bridgehead atoms. The Balaban J connectivity index is 0.00000182. The highest BCUT2D eigenvalue weighted by molar-refractivity contribution is 5.93. The van der Waals surface area contributed by atoms with Crippen LogP contribution in [-0.2, 0) is 6.42 Å². The molecule has 4 nitrogen and oxygen atoms in total. The molecule has 0 saturated heterocycles. The summed E-state index contributed by atoms with van der Waals surface area (Å²) >= 11 is 0. The molecule has 1 unspecified atom stereocenters. The zero-order valence-corrected chi connectivity index (χ0v) is 14.8. The fourth-order valence-electron chi connectivity index (χ4n) is 3.07. The van der Waals surface area contributed by atoms with Crippen molar-refractivity contribution in [2.75, 3.05) is 18.5 Å². The maximum Gasteiger partial charge on any atom is 0.122 e. The fraction of sp³-hybridized carbons (Fsp3) is 0.250. The molecule has 1 aliphatic heterocycles. The van der Waals surface area contributed by atoms with Crippen LogP contribution < -0.4 is 10.1 Å². The minimum Gasteiger partial charge on any atom is -0.493 e. The van der Waals surface area contributed by atoms with Gasteiger partial charge in [0.2, 0.25) is 0 Å². The molecule has 1 atom stereocenters. The number of pyridine rings is 1. The molecule has 1 aliphatic rings. The normalized spacial score (nSPS) is 13.7. The molecular formula is C20H21ClN2O2. The summed E-state index contributed by atoms with van der Waals surface area (Å²) in [5.41, 5.74) is 5.19. The maximum absolute atomic E-state index is 9.59. The molecule has 4 rings (SSSR count). The van der Waals surface area contributed by atoms with Gasteiger partial charge in [-0.3, -0.25) is 0 Å². The predicted octanol–water partition coefficient (Wildman–Crippen LogP) is 4.05. The summed E-state index contributed by atoms with van der Waals surface area (Å²) in [6, 6.07) is 16.4. The van der Waals surface area contributed by atoms with Gasteiger partial charge in [-0.15, -0.1) is 12.4 Å². The largest absolute Gasteiger partial charge is 0.493 e. The van der Waals surface area contributed by atoms with Crippen LogP contribution in [0.2, 0.25) is 0 Å². The van der Waals surface area contributed by atoms with E-state index < -0.39 is 6.10 Å². The van der Waals surface area contributed by atoms with Crippen LogP contribution in [0.25, 0.3) is 22.2 Å². The number of rotatable bonds is 4. The summed E-state index contributed by atoms with van der Waals surface area (Å²) < 4.78 is 5.59. The third-order valence-corrected chi connectivity index (χ3v) is 4.29. The van der Waals surface area contributed by atoms with E-state index in [1.165, 1.54) is 5.56 Å². The predicted molar refractivity (Wildman–Crippen MR) is 104 cm³/mol. The molecule has 25 heavy (non-hydrogen) atoms. The molecule has 0 fully saturated rings. The monoisotopic (exact) mass is 356 g/mol. The Morgan fingerprint density at radius 1 is 1.20 bits per heavy atom. The maximum atomic E-state index is 9.59. The van der Waals surface area contributed by atoms with Gasteiger partial charge in [0.1, 0.15) is 5.75 Å². The highest BCUT2D eigenvalue weighted by Crippen LogP contribution is 2.32. The zero-order valence-electron chi connectivity index (χ0n) is 14.0. The van der Waals surface area contributed by atoms with Crippen molar-refractivity contribution < 1.29 is 9.84 Å². The van der Waals surface area contributed by atoms with Gasteiger partial charge in [-0.2, -0.15) is 0 Å². The van der Waals surface area contributed by atoms with Crippen LogP contribution >= 0.6 is 12.4 Å². The lowest BCUT2D eigenvalue weighted by Gasteiger charge is -2.13. The number of ether oxygens (including phenoxy) is 1. The topological polar surface area (TPSA) is 54.4 Å². The van der Waals surface area contributed by atoms with E-state index in [1.807, 2.05) is 30.3 Å². The summed E-state index contributed by atoms with van der Waals surface area (Å²) in [4.78, 5) is 4.82. The number of hydrogen-bond donors (Lipinski definition) is 2. The molecule has 0 spiro atoms. The Hall–Kier alpha value is -2.30. The quantitative estimate of drug-likeness (QED) is 0.740. The van der Waals surface area contributed by atoms with Gasteiger partial charge in [-0.1, -0.05) is 18.2 Å². The minimum atomic E-state index is -0.405. The number of benzene rings is 2. The number of nitrogens with one attached hydrogen (secondary N) is 1. The van der Waals surface area contributed by atoms with Gasteiger partial charge in [0.25, 0.3) is 0 Å². The van der Waals surface area contributed by atoms with Gasteiger partial charge in [0.15, 0.2) is 0 Å². The molecule has 1 aromatic heterocycles. The number of nitrogens with zero attached hydrogens (tertiary/aromatic N) is 1. The molecule has 5 heteroatoms. The van der Waals surface area contributed by atoms with Gasteiger partial charge in [-0.25, -0.2) is 4.98 Å². The first-order valence-corrected chi connectivity index (χ1v) is 8.28. The highest BCUT2D eigenvalue weighted by atomic mass is 35.5. The third kappa shape index (κ3) is 3.55. The van der Waals surface area contributed by atoms with Crippen molar-refractivity contribution in [3.05, 3.63) is 54.1 Å². The van der Waals surface area contributed by atoms with Gasteiger partial charge in [0, 0.05) is 29.6 Å². The summed E-state index contributed by atoms with van der Waals surface area (Å²) in [6.07, 6.45) is 0.543. The molecule has 2 N–H and O–H groups in total. The number of para-hydroxylation sites is 1. The van der Waals surface area contributed by atoms with E-state index in [0.29, 0.717) is 6.54 Å². The van der Waals surface area contributed by atoms with Gasteiger partial charge < -0.3 is 15.2 Å². The van der Waals surface area contributed by atoms with Crippen LogP contribution in [0.15, 0.2) is 48.5 Å². The molecule has 0 radical (unpaired) electrons. The van der Waals surface area contributed by atoms with Gasteiger partial charge in [0.05, 0.1) is 23.9 Å². The van der Waals surface area contributed by atoms with E-state index in [4.69, 9.17) is 9.72 Å². The Kier molecular flexibility index (Phi) is 5.11. The lowest BCUT2D eigenvalue weighted by molar-refractivity contribution is 0.208. The summed E-state index contributed by atoms with van der Waals surface area (Å²) in [7, 11) is 0. The Labute approximate surface area is 153 Å². The van der Waals surface area contributed by atoms with Crippen LogP contribution in [-0.4, -0.2) is 29.3 Å². The molecule has 3 aromatic rings. The number of aromatic nitrogens is 1. The van der Waals surface area contributed by atoms with Crippen LogP contribution in [0.5, 0.6) is 5.75 Å². The van der Waals surface area contributed by atoms with E-state index in [2.05, 4.69) is 23.5 Å². The van der Waals surface area contributed by atoms with Crippen molar-refractivity contribution >= 4 is 29.0 Å². The van der Waals surface area contributed by atoms with Crippen LogP contribution in [0.3, 0.4) is 0 Å². The summed E-state index contributed by atoms with van der Waals surface area (Å²) in [5, 5.41) is 14.0. The highest BCUT2D eigenvalue weighted by Gasteiger charge is 2.14. The molecule has 0 saturated carbocycles. The molecule has 2 aromatic carbocycles. The van der Waals surface area contributed by atoms with E-state index in [1.54, 1.807) is 6.92 Å². The average molecular weight is 357 g/mol. The molecule has 0 amide bonds. The van der Waals surface area contributed by atoms with Crippen molar-refractivity contribution in [1.82, 2.24) is 4.98 Å². The Morgan fingerprint density at radius 3 is 2.88 bits per heavy atom.